The number of ether oxygens (including phenoxy) is 3. The second-order valence-corrected chi connectivity index (χ2v) is 18.5. The van der Waals surface area contributed by atoms with E-state index in [1.807, 2.05) is 0 Å². The average Bonchev–Trinajstić information content (AvgIpc) is 3.30. The Bertz CT molecular complexity index is 1180. The first-order valence-corrected chi connectivity index (χ1v) is 27.8. The number of hydrogen-bond donors (Lipinski definition) is 0. The van der Waals surface area contributed by atoms with Gasteiger partial charge in [-0.15, -0.1) is 0 Å². The number of rotatable bonds is 50. The Labute approximate surface area is 402 Å². The molecule has 0 N–H and O–H groups in total. The Morgan fingerprint density at radius 1 is 0.323 bits per heavy atom. The van der Waals surface area contributed by atoms with Crippen LogP contribution in [0.2, 0.25) is 0 Å². The van der Waals surface area contributed by atoms with E-state index >= 15 is 0 Å². The minimum absolute atomic E-state index is 0.0764. The number of unbranched alkanes of at least 4 members (excludes halogenated alkanes) is 29. The number of allylic oxidation sites excluding steroid dienone is 10. The van der Waals surface area contributed by atoms with Gasteiger partial charge in [0.15, 0.2) is 6.10 Å². The minimum atomic E-state index is -0.776. The first kappa shape index (κ1) is 62.1. The lowest BCUT2D eigenvalue weighted by atomic mass is 10.1. The van der Waals surface area contributed by atoms with Crippen LogP contribution in [0.25, 0.3) is 0 Å². The molecule has 6 nitrogen and oxygen atoms in total. The van der Waals surface area contributed by atoms with E-state index in [4.69, 9.17) is 14.2 Å². The Morgan fingerprint density at radius 2 is 0.600 bits per heavy atom. The van der Waals surface area contributed by atoms with Crippen molar-refractivity contribution in [3.63, 3.8) is 0 Å². The summed E-state index contributed by atoms with van der Waals surface area (Å²) in [5.41, 5.74) is 0. The van der Waals surface area contributed by atoms with Gasteiger partial charge in [0.25, 0.3) is 0 Å². The number of hydrogen-bond acceptors (Lipinski definition) is 6. The van der Waals surface area contributed by atoms with Crippen molar-refractivity contribution in [1.82, 2.24) is 0 Å². The van der Waals surface area contributed by atoms with Gasteiger partial charge in [-0.1, -0.05) is 236 Å². The summed E-state index contributed by atoms with van der Waals surface area (Å²) < 4.78 is 16.8. The first-order valence-electron chi connectivity index (χ1n) is 27.8. The minimum Gasteiger partial charge on any atom is -0.462 e. The topological polar surface area (TPSA) is 78.9 Å². The molecule has 0 aromatic carbocycles. The van der Waals surface area contributed by atoms with Gasteiger partial charge in [0.05, 0.1) is 0 Å². The predicted octanol–water partition coefficient (Wildman–Crippen LogP) is 18.4. The Kier molecular flexibility index (Phi) is 51.3. The molecule has 1 atom stereocenters. The van der Waals surface area contributed by atoms with Gasteiger partial charge < -0.3 is 14.2 Å². The molecule has 0 radical (unpaired) electrons. The van der Waals surface area contributed by atoms with Crippen LogP contribution in [0.3, 0.4) is 0 Å². The summed E-state index contributed by atoms with van der Waals surface area (Å²) in [6, 6.07) is 0. The van der Waals surface area contributed by atoms with E-state index in [2.05, 4.69) is 81.5 Å². The van der Waals surface area contributed by atoms with Crippen molar-refractivity contribution in [1.29, 1.82) is 0 Å². The summed E-state index contributed by atoms with van der Waals surface area (Å²) in [4.78, 5) is 38.0. The quantitative estimate of drug-likeness (QED) is 0.0262. The Morgan fingerprint density at radius 3 is 0.954 bits per heavy atom. The molecule has 0 aliphatic rings. The third-order valence-corrected chi connectivity index (χ3v) is 12.0. The van der Waals surface area contributed by atoms with Gasteiger partial charge in [-0.2, -0.15) is 0 Å². The van der Waals surface area contributed by atoms with Crippen LogP contribution in [-0.4, -0.2) is 37.2 Å². The molecular formula is C59H104O6. The standard InChI is InChI=1S/C59H104O6/c1-4-7-10-13-16-19-21-23-25-26-27-28-29-30-31-32-34-35-37-40-43-46-49-52-58(61)64-55-56(54-63-57(60)51-48-45-42-39-18-15-12-9-6-3)65-59(62)53-50-47-44-41-38-36-33-24-22-20-17-14-11-8-5-2/h7,10,16,19,23-25,27-28,33,56H,4-6,8-9,11-15,17-18,20-22,26,29-32,34-55H2,1-3H3/b10-7-,19-16-,25-23-,28-27-,33-24-. The summed E-state index contributed by atoms with van der Waals surface area (Å²) >= 11 is 0. The van der Waals surface area contributed by atoms with Crippen LogP contribution >= 0.6 is 0 Å². The summed E-state index contributed by atoms with van der Waals surface area (Å²) in [6.07, 6.45) is 66.4. The van der Waals surface area contributed by atoms with Gasteiger partial charge in [0, 0.05) is 19.3 Å². The van der Waals surface area contributed by atoms with Crippen molar-refractivity contribution in [3.8, 4) is 0 Å². The first-order chi connectivity index (χ1) is 32.0. The fourth-order valence-electron chi connectivity index (χ4n) is 7.84. The second-order valence-electron chi connectivity index (χ2n) is 18.5. The van der Waals surface area contributed by atoms with Crippen molar-refractivity contribution in [2.75, 3.05) is 13.2 Å². The van der Waals surface area contributed by atoms with Crippen LogP contribution in [0.5, 0.6) is 0 Å². The van der Waals surface area contributed by atoms with Crippen LogP contribution < -0.4 is 0 Å². The summed E-state index contributed by atoms with van der Waals surface area (Å²) in [5, 5.41) is 0. The van der Waals surface area contributed by atoms with Gasteiger partial charge in [-0.3, -0.25) is 14.4 Å². The lowest BCUT2D eigenvalue weighted by Gasteiger charge is -2.18. The zero-order valence-electron chi connectivity index (χ0n) is 43.0. The van der Waals surface area contributed by atoms with E-state index in [0.29, 0.717) is 19.3 Å². The van der Waals surface area contributed by atoms with E-state index < -0.39 is 6.10 Å². The average molecular weight is 909 g/mol. The van der Waals surface area contributed by atoms with Gasteiger partial charge in [-0.25, -0.2) is 0 Å². The number of esters is 3. The molecule has 6 heteroatoms. The second kappa shape index (κ2) is 53.7. The van der Waals surface area contributed by atoms with Crippen LogP contribution in [0.15, 0.2) is 60.8 Å². The number of carbonyl (C=O) groups is 3. The van der Waals surface area contributed by atoms with Gasteiger partial charge in [-0.05, 0) is 83.5 Å². The molecule has 0 rings (SSSR count). The van der Waals surface area contributed by atoms with Crippen molar-refractivity contribution in [2.45, 2.75) is 284 Å². The molecule has 0 saturated heterocycles. The molecule has 0 spiro atoms. The fraction of sp³-hybridized carbons (Fsp3) is 0.780. The van der Waals surface area contributed by atoms with Gasteiger partial charge in [0.1, 0.15) is 13.2 Å². The zero-order valence-corrected chi connectivity index (χ0v) is 43.0. The largest absolute Gasteiger partial charge is 0.462 e. The van der Waals surface area contributed by atoms with Gasteiger partial charge >= 0.3 is 17.9 Å². The SMILES string of the molecule is CC/C=C\C/C=C\C/C=C\C/C=C\CCCCCCCCCCCCC(=O)OCC(COC(=O)CCCCCCCCCCC)OC(=O)CCCCCCC/C=C\CCCCCCCC. The highest BCUT2D eigenvalue weighted by Gasteiger charge is 2.19. The van der Waals surface area contributed by atoms with E-state index in [-0.39, 0.29) is 31.1 Å². The molecule has 0 aliphatic carbocycles. The van der Waals surface area contributed by atoms with Gasteiger partial charge in [0.2, 0.25) is 0 Å². The van der Waals surface area contributed by atoms with Crippen molar-refractivity contribution in [2.24, 2.45) is 0 Å². The Hall–Kier alpha value is -2.89. The normalized spacial score (nSPS) is 12.5. The zero-order chi connectivity index (χ0) is 47.2. The highest BCUT2D eigenvalue weighted by molar-refractivity contribution is 5.71. The van der Waals surface area contributed by atoms with Crippen LogP contribution in [-0.2, 0) is 28.6 Å². The molecule has 0 bridgehead atoms. The Balaban J connectivity index is 4.25. The van der Waals surface area contributed by atoms with Crippen LogP contribution in [0.1, 0.15) is 278 Å². The van der Waals surface area contributed by atoms with Crippen LogP contribution in [0.4, 0.5) is 0 Å². The maximum atomic E-state index is 12.8. The van der Waals surface area contributed by atoms with Crippen molar-refractivity contribution >= 4 is 17.9 Å². The smallest absolute Gasteiger partial charge is 0.306 e. The third-order valence-electron chi connectivity index (χ3n) is 12.0. The maximum absolute atomic E-state index is 12.8. The molecule has 376 valence electrons. The summed E-state index contributed by atoms with van der Waals surface area (Å²) in [6.45, 7) is 6.51. The van der Waals surface area contributed by atoms with Crippen LogP contribution in [0, 0.1) is 0 Å². The molecule has 0 fully saturated rings. The van der Waals surface area contributed by atoms with Crippen molar-refractivity contribution in [3.05, 3.63) is 60.8 Å². The predicted molar refractivity (Wildman–Crippen MR) is 279 cm³/mol. The molecule has 0 saturated carbocycles. The highest BCUT2D eigenvalue weighted by Crippen LogP contribution is 2.15. The van der Waals surface area contributed by atoms with E-state index in [1.54, 1.807) is 0 Å². The number of carbonyl (C=O) groups excluding carboxylic acids is 3. The van der Waals surface area contributed by atoms with E-state index in [0.717, 1.165) is 89.9 Å². The summed E-state index contributed by atoms with van der Waals surface area (Å²) in [7, 11) is 0. The van der Waals surface area contributed by atoms with Crippen molar-refractivity contribution < 1.29 is 28.6 Å². The summed E-state index contributed by atoms with van der Waals surface area (Å²) in [5.74, 6) is -0.884. The third kappa shape index (κ3) is 51.9. The maximum Gasteiger partial charge on any atom is 0.306 e. The van der Waals surface area contributed by atoms with E-state index in [1.165, 1.54) is 148 Å². The molecule has 0 aliphatic heterocycles. The monoisotopic (exact) mass is 909 g/mol. The highest BCUT2D eigenvalue weighted by atomic mass is 16.6. The fourth-order valence-corrected chi connectivity index (χ4v) is 7.84. The molecule has 0 aromatic heterocycles. The molecular weight excluding hydrogens is 805 g/mol. The van der Waals surface area contributed by atoms with E-state index in [9.17, 15) is 14.4 Å². The molecule has 0 heterocycles. The lowest BCUT2D eigenvalue weighted by molar-refractivity contribution is -0.167. The molecule has 1 unspecified atom stereocenters. The molecule has 0 aromatic rings. The molecule has 65 heavy (non-hydrogen) atoms. The lowest BCUT2D eigenvalue weighted by Crippen LogP contribution is -2.30. The molecule has 0 amide bonds.